The van der Waals surface area contributed by atoms with Crippen LogP contribution in [0.2, 0.25) is 0 Å². The van der Waals surface area contributed by atoms with Crippen LogP contribution in [0.15, 0.2) is 23.3 Å². The molecule has 2 atom stereocenters. The van der Waals surface area contributed by atoms with E-state index in [-0.39, 0.29) is 17.8 Å². The fourth-order valence-corrected chi connectivity index (χ4v) is 3.92. The molecule has 0 radical (unpaired) electrons. The van der Waals surface area contributed by atoms with E-state index >= 15 is 0 Å². The fourth-order valence-electron chi connectivity index (χ4n) is 3.92. The van der Waals surface area contributed by atoms with Crippen LogP contribution >= 0.6 is 0 Å². The molecule has 1 aromatic heterocycles. The highest BCUT2D eigenvalue weighted by molar-refractivity contribution is 5.82. The number of carbonyl (C=O) groups excluding carboxylic acids is 1. The number of carbonyl (C=O) groups is 1. The summed E-state index contributed by atoms with van der Waals surface area (Å²) in [5.74, 6) is 1.88. The molecule has 8 nitrogen and oxygen atoms in total. The summed E-state index contributed by atoms with van der Waals surface area (Å²) in [6.07, 6.45) is 1.92. The molecule has 2 unspecified atom stereocenters. The van der Waals surface area contributed by atoms with Gasteiger partial charge >= 0.3 is 5.97 Å². The third-order valence-electron chi connectivity index (χ3n) is 5.80. The van der Waals surface area contributed by atoms with E-state index in [1.807, 2.05) is 6.20 Å². The second kappa shape index (κ2) is 9.91. The number of nitrogens with zero attached hydrogens (tertiary/aromatic N) is 5. The molecule has 0 aliphatic carbocycles. The van der Waals surface area contributed by atoms with Gasteiger partial charge in [-0.25, -0.2) is 9.98 Å². The van der Waals surface area contributed by atoms with E-state index in [2.05, 4.69) is 58.0 Å². The van der Waals surface area contributed by atoms with Crippen LogP contribution in [0.25, 0.3) is 0 Å². The van der Waals surface area contributed by atoms with Crippen molar-refractivity contribution in [2.24, 2.45) is 16.8 Å². The van der Waals surface area contributed by atoms with Crippen LogP contribution in [0.4, 0.5) is 5.82 Å². The van der Waals surface area contributed by atoms with Crippen LogP contribution in [0, 0.1) is 11.8 Å². The molecule has 0 saturated carbocycles. The van der Waals surface area contributed by atoms with E-state index in [0.29, 0.717) is 13.1 Å². The number of rotatable bonds is 5. The lowest BCUT2D eigenvalue weighted by molar-refractivity contribution is -0.145. The summed E-state index contributed by atoms with van der Waals surface area (Å²) in [4.78, 5) is 28.3. The molecule has 2 aliphatic rings. The zero-order valence-electron chi connectivity index (χ0n) is 18.1. The van der Waals surface area contributed by atoms with Crippen LogP contribution < -0.4 is 10.2 Å². The minimum absolute atomic E-state index is 0.103. The Balaban J connectivity index is 1.62. The number of aromatic nitrogens is 1. The SMILES string of the molecule is CCNC(=NCc1ccc(N2CCN(C)CC2)nc1)N1CC(C)C(C(=O)OC)C1. The van der Waals surface area contributed by atoms with Crippen molar-refractivity contribution in [3.8, 4) is 0 Å². The predicted octanol–water partition coefficient (Wildman–Crippen LogP) is 1.04. The Hall–Kier alpha value is -2.35. The quantitative estimate of drug-likeness (QED) is 0.448. The molecule has 29 heavy (non-hydrogen) atoms. The summed E-state index contributed by atoms with van der Waals surface area (Å²) in [6.45, 7) is 11.1. The first-order valence-corrected chi connectivity index (χ1v) is 10.5. The van der Waals surface area contributed by atoms with Crippen molar-refractivity contribution in [1.82, 2.24) is 20.1 Å². The first-order chi connectivity index (χ1) is 14.0. The number of guanidine groups is 1. The Bertz CT molecular complexity index is 700. The topological polar surface area (TPSA) is 73.3 Å². The molecule has 0 aromatic carbocycles. The number of methoxy groups -OCH3 is 1. The largest absolute Gasteiger partial charge is 0.469 e. The van der Waals surface area contributed by atoms with Crippen LogP contribution in [-0.4, -0.2) is 86.7 Å². The number of aliphatic imine (C=N–C) groups is 1. The van der Waals surface area contributed by atoms with Gasteiger partial charge in [0, 0.05) is 52.0 Å². The van der Waals surface area contributed by atoms with E-state index in [1.54, 1.807) is 0 Å². The molecule has 0 bridgehead atoms. The maximum atomic E-state index is 12.0. The standard InChI is InChI=1S/C21H34N6O2/c1-5-22-21(27-14-16(2)18(15-27)20(28)29-4)24-13-17-6-7-19(23-12-17)26-10-8-25(3)9-11-26/h6-7,12,16,18H,5,8-11,13-15H2,1-4H3,(H,22,24). The summed E-state index contributed by atoms with van der Waals surface area (Å²) in [7, 11) is 3.61. The molecule has 3 heterocycles. The second-order valence-corrected chi connectivity index (χ2v) is 8.00. The number of likely N-dealkylation sites (tertiary alicyclic amines) is 1. The lowest BCUT2D eigenvalue weighted by Gasteiger charge is -2.33. The van der Waals surface area contributed by atoms with E-state index in [4.69, 9.17) is 9.73 Å². The van der Waals surface area contributed by atoms with Crippen LogP contribution in [0.3, 0.4) is 0 Å². The molecule has 2 fully saturated rings. The van der Waals surface area contributed by atoms with E-state index < -0.39 is 0 Å². The third-order valence-corrected chi connectivity index (χ3v) is 5.80. The highest BCUT2D eigenvalue weighted by Crippen LogP contribution is 2.24. The summed E-state index contributed by atoms with van der Waals surface area (Å²) in [5, 5.41) is 3.35. The summed E-state index contributed by atoms with van der Waals surface area (Å²) in [5.41, 5.74) is 1.08. The predicted molar refractivity (Wildman–Crippen MR) is 115 cm³/mol. The number of hydrogen-bond donors (Lipinski definition) is 1. The fraction of sp³-hybridized carbons (Fsp3) is 0.667. The molecule has 0 spiro atoms. The molecule has 160 valence electrons. The smallest absolute Gasteiger partial charge is 0.310 e. The lowest BCUT2D eigenvalue weighted by Crippen LogP contribution is -2.44. The van der Waals surface area contributed by atoms with Crippen LogP contribution in [-0.2, 0) is 16.1 Å². The maximum Gasteiger partial charge on any atom is 0.310 e. The van der Waals surface area contributed by atoms with E-state index in [9.17, 15) is 4.79 Å². The van der Waals surface area contributed by atoms with Crippen molar-refractivity contribution in [2.75, 3.05) is 64.9 Å². The van der Waals surface area contributed by atoms with Gasteiger partial charge in [-0.15, -0.1) is 0 Å². The first kappa shape index (κ1) is 21.4. The Morgan fingerprint density at radius 2 is 2.03 bits per heavy atom. The highest BCUT2D eigenvalue weighted by Gasteiger charge is 2.36. The second-order valence-electron chi connectivity index (χ2n) is 8.00. The number of pyridine rings is 1. The third kappa shape index (κ3) is 5.38. The number of hydrogen-bond acceptors (Lipinski definition) is 6. The number of esters is 1. The minimum atomic E-state index is -0.139. The van der Waals surface area contributed by atoms with Gasteiger partial charge in [-0.3, -0.25) is 4.79 Å². The Morgan fingerprint density at radius 1 is 1.28 bits per heavy atom. The van der Waals surface area contributed by atoms with Gasteiger partial charge in [0.05, 0.1) is 19.6 Å². The van der Waals surface area contributed by atoms with Crippen molar-refractivity contribution < 1.29 is 9.53 Å². The van der Waals surface area contributed by atoms with Gasteiger partial charge in [0.25, 0.3) is 0 Å². The summed E-state index contributed by atoms with van der Waals surface area (Å²) >= 11 is 0. The van der Waals surface area contributed by atoms with Crippen LogP contribution in [0.5, 0.6) is 0 Å². The van der Waals surface area contributed by atoms with Gasteiger partial charge in [-0.1, -0.05) is 13.0 Å². The number of likely N-dealkylation sites (N-methyl/N-ethyl adjacent to an activating group) is 1. The van der Waals surface area contributed by atoms with Crippen molar-refractivity contribution in [3.05, 3.63) is 23.9 Å². The monoisotopic (exact) mass is 402 g/mol. The Kier molecular flexibility index (Phi) is 7.30. The Morgan fingerprint density at radius 3 is 2.66 bits per heavy atom. The van der Waals surface area contributed by atoms with Crippen molar-refractivity contribution in [1.29, 1.82) is 0 Å². The van der Waals surface area contributed by atoms with Crippen LogP contribution in [0.1, 0.15) is 19.4 Å². The number of anilines is 1. The van der Waals surface area contributed by atoms with Gasteiger partial charge in [-0.2, -0.15) is 0 Å². The van der Waals surface area contributed by atoms with Gasteiger partial charge in [0.2, 0.25) is 0 Å². The minimum Gasteiger partial charge on any atom is -0.469 e. The molecular weight excluding hydrogens is 368 g/mol. The van der Waals surface area contributed by atoms with Crippen molar-refractivity contribution in [3.63, 3.8) is 0 Å². The number of ether oxygens (including phenoxy) is 1. The molecule has 8 heteroatoms. The normalized spacial score (nSPS) is 23.4. The lowest BCUT2D eigenvalue weighted by atomic mass is 9.99. The number of nitrogens with one attached hydrogen (secondary N) is 1. The Labute approximate surface area is 173 Å². The molecule has 1 aromatic rings. The first-order valence-electron chi connectivity index (χ1n) is 10.5. The summed E-state index contributed by atoms with van der Waals surface area (Å²) < 4.78 is 4.95. The molecule has 2 aliphatic heterocycles. The van der Waals surface area contributed by atoms with Gasteiger partial charge in [0.1, 0.15) is 5.82 Å². The zero-order chi connectivity index (χ0) is 20.8. The van der Waals surface area contributed by atoms with Gasteiger partial charge < -0.3 is 24.8 Å². The molecular formula is C21H34N6O2. The number of piperazine rings is 1. The molecule has 0 amide bonds. The molecule has 2 saturated heterocycles. The average Bonchev–Trinajstić information content (AvgIpc) is 3.13. The van der Waals surface area contributed by atoms with Gasteiger partial charge in [-0.05, 0) is 31.5 Å². The van der Waals surface area contributed by atoms with Crippen molar-refractivity contribution in [2.45, 2.75) is 20.4 Å². The van der Waals surface area contributed by atoms with Crippen molar-refractivity contribution >= 4 is 17.7 Å². The maximum absolute atomic E-state index is 12.0. The van der Waals surface area contributed by atoms with E-state index in [1.165, 1.54) is 7.11 Å². The molecule has 3 rings (SSSR count). The summed E-state index contributed by atoms with van der Waals surface area (Å²) in [6, 6.07) is 4.20. The average molecular weight is 403 g/mol. The molecule has 1 N–H and O–H groups in total. The van der Waals surface area contributed by atoms with E-state index in [0.717, 1.165) is 56.6 Å². The van der Waals surface area contributed by atoms with Gasteiger partial charge in [0.15, 0.2) is 5.96 Å². The zero-order valence-corrected chi connectivity index (χ0v) is 18.1. The highest BCUT2D eigenvalue weighted by atomic mass is 16.5.